The van der Waals surface area contributed by atoms with E-state index in [0.717, 1.165) is 5.69 Å². The lowest BCUT2D eigenvalue weighted by Gasteiger charge is -2.15. The molecule has 148 valence electrons. The molecule has 2 aromatic rings. The van der Waals surface area contributed by atoms with Gasteiger partial charge in [-0.05, 0) is 56.3 Å². The fourth-order valence-corrected chi connectivity index (χ4v) is 2.45. The fourth-order valence-electron chi connectivity index (χ4n) is 2.45. The van der Waals surface area contributed by atoms with Crippen LogP contribution in [0.3, 0.4) is 0 Å². The second-order valence-corrected chi connectivity index (χ2v) is 6.74. The molecule has 0 unspecified atom stereocenters. The van der Waals surface area contributed by atoms with Crippen LogP contribution in [0.4, 0.5) is 17.1 Å². The van der Waals surface area contributed by atoms with Gasteiger partial charge in [-0.3, -0.25) is 14.4 Å². The van der Waals surface area contributed by atoms with Crippen LogP contribution in [-0.2, 0) is 9.59 Å². The standard InChI is InChI=1S/C21H26N4O3/c1-14(2)23-21(28)16-6-5-7-18(12-16)22-13-20(27)24-17-8-10-19(11-9-17)25(4)15(3)26/h5-12,14,22H,13H2,1-4H3,(H,23,28)(H,24,27). The van der Waals surface area contributed by atoms with Gasteiger partial charge in [0.15, 0.2) is 0 Å². The minimum absolute atomic E-state index is 0.0523. The minimum atomic E-state index is -0.218. The Kier molecular flexibility index (Phi) is 7.14. The Morgan fingerprint density at radius 3 is 2.29 bits per heavy atom. The minimum Gasteiger partial charge on any atom is -0.376 e. The number of hydrogen-bond acceptors (Lipinski definition) is 4. The van der Waals surface area contributed by atoms with Crippen molar-refractivity contribution in [1.82, 2.24) is 5.32 Å². The first kappa shape index (κ1) is 21.0. The lowest BCUT2D eigenvalue weighted by molar-refractivity contribution is -0.116. The fraction of sp³-hybridized carbons (Fsp3) is 0.286. The first-order chi connectivity index (χ1) is 13.3. The van der Waals surface area contributed by atoms with Gasteiger partial charge in [0.1, 0.15) is 0 Å². The lowest BCUT2D eigenvalue weighted by atomic mass is 10.1. The molecule has 0 radical (unpaired) electrons. The topological polar surface area (TPSA) is 90.5 Å². The van der Waals surface area contributed by atoms with Crippen molar-refractivity contribution < 1.29 is 14.4 Å². The number of rotatable bonds is 7. The van der Waals surface area contributed by atoms with Crippen molar-refractivity contribution in [1.29, 1.82) is 0 Å². The molecule has 0 aliphatic carbocycles. The van der Waals surface area contributed by atoms with Crippen LogP contribution in [0.25, 0.3) is 0 Å². The van der Waals surface area contributed by atoms with Crippen LogP contribution in [0, 0.1) is 0 Å². The summed E-state index contributed by atoms with van der Waals surface area (Å²) in [6, 6.07) is 14.1. The van der Waals surface area contributed by atoms with E-state index in [-0.39, 0.29) is 30.3 Å². The molecule has 0 bridgehead atoms. The van der Waals surface area contributed by atoms with E-state index in [9.17, 15) is 14.4 Å². The first-order valence-electron chi connectivity index (χ1n) is 9.05. The molecule has 7 nitrogen and oxygen atoms in total. The smallest absolute Gasteiger partial charge is 0.251 e. The van der Waals surface area contributed by atoms with E-state index in [4.69, 9.17) is 0 Å². The normalized spacial score (nSPS) is 10.3. The Morgan fingerprint density at radius 1 is 1.00 bits per heavy atom. The van der Waals surface area contributed by atoms with Crippen molar-refractivity contribution in [2.45, 2.75) is 26.8 Å². The zero-order valence-electron chi connectivity index (χ0n) is 16.6. The molecule has 28 heavy (non-hydrogen) atoms. The van der Waals surface area contributed by atoms with E-state index in [0.29, 0.717) is 16.9 Å². The third-order valence-electron chi connectivity index (χ3n) is 4.01. The van der Waals surface area contributed by atoms with Crippen molar-refractivity contribution in [2.75, 3.05) is 29.1 Å². The Hall–Kier alpha value is -3.35. The van der Waals surface area contributed by atoms with Crippen molar-refractivity contribution in [2.24, 2.45) is 0 Å². The Bertz CT molecular complexity index is 847. The van der Waals surface area contributed by atoms with Crippen molar-refractivity contribution in [3.63, 3.8) is 0 Å². The predicted octanol–water partition coefficient (Wildman–Crippen LogP) is 2.86. The van der Waals surface area contributed by atoms with Gasteiger partial charge < -0.3 is 20.9 Å². The van der Waals surface area contributed by atoms with Gasteiger partial charge in [-0.25, -0.2) is 0 Å². The van der Waals surface area contributed by atoms with E-state index in [2.05, 4.69) is 16.0 Å². The number of anilines is 3. The van der Waals surface area contributed by atoms with Gasteiger partial charge in [-0.2, -0.15) is 0 Å². The van der Waals surface area contributed by atoms with E-state index in [1.54, 1.807) is 55.6 Å². The summed E-state index contributed by atoms with van der Waals surface area (Å²) < 4.78 is 0. The summed E-state index contributed by atoms with van der Waals surface area (Å²) in [4.78, 5) is 37.1. The average molecular weight is 382 g/mol. The number of benzene rings is 2. The van der Waals surface area contributed by atoms with E-state index < -0.39 is 0 Å². The van der Waals surface area contributed by atoms with Gasteiger partial charge >= 0.3 is 0 Å². The molecule has 7 heteroatoms. The van der Waals surface area contributed by atoms with Crippen molar-refractivity contribution in [3.05, 3.63) is 54.1 Å². The van der Waals surface area contributed by atoms with Crippen LogP contribution in [0.15, 0.2) is 48.5 Å². The molecule has 0 aromatic heterocycles. The van der Waals surface area contributed by atoms with Gasteiger partial charge in [-0.1, -0.05) is 6.07 Å². The van der Waals surface area contributed by atoms with Crippen molar-refractivity contribution >= 4 is 34.8 Å². The molecule has 0 saturated heterocycles. The van der Waals surface area contributed by atoms with Crippen LogP contribution >= 0.6 is 0 Å². The van der Waals surface area contributed by atoms with Gasteiger partial charge in [0.25, 0.3) is 5.91 Å². The quantitative estimate of drug-likeness (QED) is 0.687. The Labute approximate surface area is 165 Å². The summed E-state index contributed by atoms with van der Waals surface area (Å²) in [6.07, 6.45) is 0. The van der Waals surface area contributed by atoms with Gasteiger partial charge in [0, 0.05) is 42.6 Å². The second-order valence-electron chi connectivity index (χ2n) is 6.74. The van der Waals surface area contributed by atoms with Crippen molar-refractivity contribution in [3.8, 4) is 0 Å². The molecule has 2 rings (SSSR count). The summed E-state index contributed by atoms with van der Waals surface area (Å²) in [5, 5.41) is 8.63. The highest BCUT2D eigenvalue weighted by Crippen LogP contribution is 2.17. The molecule has 0 aliphatic heterocycles. The molecule has 0 fully saturated rings. The Morgan fingerprint density at radius 2 is 1.68 bits per heavy atom. The zero-order chi connectivity index (χ0) is 20.7. The number of amides is 3. The van der Waals surface area contributed by atoms with E-state index >= 15 is 0 Å². The van der Waals surface area contributed by atoms with Gasteiger partial charge in [0.05, 0.1) is 6.54 Å². The molecule has 0 spiro atoms. The number of carbonyl (C=O) groups is 3. The zero-order valence-corrected chi connectivity index (χ0v) is 16.6. The SMILES string of the molecule is CC(=O)N(C)c1ccc(NC(=O)CNc2cccc(C(=O)NC(C)C)c2)cc1. The highest BCUT2D eigenvalue weighted by Gasteiger charge is 2.09. The highest BCUT2D eigenvalue weighted by atomic mass is 16.2. The largest absolute Gasteiger partial charge is 0.376 e. The van der Waals surface area contributed by atoms with Crippen LogP contribution < -0.4 is 20.9 Å². The molecule has 0 aliphatic rings. The lowest BCUT2D eigenvalue weighted by Crippen LogP contribution is -2.30. The van der Waals surface area contributed by atoms with Crippen LogP contribution in [0.5, 0.6) is 0 Å². The van der Waals surface area contributed by atoms with E-state index in [1.807, 2.05) is 13.8 Å². The maximum atomic E-state index is 12.2. The predicted molar refractivity (Wildman–Crippen MR) is 112 cm³/mol. The molecule has 0 atom stereocenters. The number of carbonyl (C=O) groups excluding carboxylic acids is 3. The summed E-state index contributed by atoms with van der Waals surface area (Å²) in [7, 11) is 1.69. The molecule has 0 heterocycles. The maximum Gasteiger partial charge on any atom is 0.251 e. The summed E-state index contributed by atoms with van der Waals surface area (Å²) in [5.74, 6) is -0.436. The molecular formula is C21H26N4O3. The molecule has 0 saturated carbocycles. The Balaban J connectivity index is 1.90. The maximum absolute atomic E-state index is 12.2. The van der Waals surface area contributed by atoms with E-state index in [1.165, 1.54) is 11.8 Å². The summed E-state index contributed by atoms with van der Waals surface area (Å²) >= 11 is 0. The van der Waals surface area contributed by atoms with Crippen LogP contribution in [-0.4, -0.2) is 37.4 Å². The van der Waals surface area contributed by atoms with Crippen LogP contribution in [0.2, 0.25) is 0 Å². The summed E-state index contributed by atoms with van der Waals surface area (Å²) in [6.45, 7) is 5.34. The average Bonchev–Trinajstić information content (AvgIpc) is 2.66. The number of hydrogen-bond donors (Lipinski definition) is 3. The van der Waals surface area contributed by atoms with Gasteiger partial charge in [-0.15, -0.1) is 0 Å². The molecular weight excluding hydrogens is 356 g/mol. The second kappa shape index (κ2) is 9.55. The third kappa shape index (κ3) is 6.12. The molecule has 2 aromatic carbocycles. The highest BCUT2D eigenvalue weighted by molar-refractivity contribution is 5.96. The number of nitrogens with zero attached hydrogens (tertiary/aromatic N) is 1. The van der Waals surface area contributed by atoms with Crippen LogP contribution in [0.1, 0.15) is 31.1 Å². The third-order valence-corrected chi connectivity index (χ3v) is 4.01. The number of nitrogens with one attached hydrogen (secondary N) is 3. The monoisotopic (exact) mass is 382 g/mol. The first-order valence-corrected chi connectivity index (χ1v) is 9.05. The molecule has 3 amide bonds. The molecule has 3 N–H and O–H groups in total. The summed E-state index contributed by atoms with van der Waals surface area (Å²) in [5.41, 5.74) is 2.60. The van der Waals surface area contributed by atoms with Gasteiger partial charge in [0.2, 0.25) is 11.8 Å².